The SMILES string of the molecule is CC(C)(C)N(Cc1cc2c(cn1)OCCO2)C(=O)OC1CCN(CCn2c(=O)ccc3ccc(C#N)nc32)CC1. The van der Waals surface area contributed by atoms with Crippen LogP contribution in [0, 0.1) is 11.3 Å². The Hall–Kier alpha value is -4.17. The zero-order chi connectivity index (χ0) is 28.3. The van der Waals surface area contributed by atoms with Crippen molar-refractivity contribution in [2.75, 3.05) is 32.8 Å². The average molecular weight is 547 g/mol. The first kappa shape index (κ1) is 27.4. The Kier molecular flexibility index (Phi) is 7.89. The van der Waals surface area contributed by atoms with Crippen LogP contribution in [0.1, 0.15) is 45.0 Å². The van der Waals surface area contributed by atoms with E-state index in [-0.39, 0.29) is 23.5 Å². The smallest absolute Gasteiger partial charge is 0.410 e. The van der Waals surface area contributed by atoms with Crippen molar-refractivity contribution >= 4 is 17.1 Å². The molecular weight excluding hydrogens is 512 g/mol. The van der Waals surface area contributed by atoms with Crippen molar-refractivity contribution in [2.24, 2.45) is 0 Å². The highest BCUT2D eigenvalue weighted by molar-refractivity contribution is 5.75. The van der Waals surface area contributed by atoms with Gasteiger partial charge in [-0.05, 0) is 51.8 Å². The van der Waals surface area contributed by atoms with Gasteiger partial charge in [0, 0.05) is 49.2 Å². The predicted octanol–water partition coefficient (Wildman–Crippen LogP) is 3.34. The molecule has 5 rings (SSSR count). The molecule has 210 valence electrons. The Labute approximate surface area is 232 Å². The van der Waals surface area contributed by atoms with Gasteiger partial charge in [-0.15, -0.1) is 0 Å². The van der Waals surface area contributed by atoms with Crippen molar-refractivity contribution in [1.29, 1.82) is 5.26 Å². The van der Waals surface area contributed by atoms with Crippen LogP contribution in [0.15, 0.2) is 41.3 Å². The van der Waals surface area contributed by atoms with E-state index in [4.69, 9.17) is 14.2 Å². The Balaban J connectivity index is 1.17. The lowest BCUT2D eigenvalue weighted by Gasteiger charge is -2.37. The molecular formula is C29H34N6O5. The molecule has 1 saturated heterocycles. The second-order valence-electron chi connectivity index (χ2n) is 11.0. The number of nitriles is 1. The minimum atomic E-state index is -0.474. The maximum absolute atomic E-state index is 13.3. The second-order valence-corrected chi connectivity index (χ2v) is 11.0. The molecule has 3 aromatic rings. The third-order valence-corrected chi connectivity index (χ3v) is 7.23. The van der Waals surface area contributed by atoms with Crippen LogP contribution in [0.3, 0.4) is 0 Å². The molecule has 0 radical (unpaired) electrons. The number of carbonyl (C=O) groups is 1. The molecule has 0 saturated carbocycles. The topological polar surface area (TPSA) is 123 Å². The number of ether oxygens (including phenoxy) is 3. The largest absolute Gasteiger partial charge is 0.486 e. The molecule has 0 aliphatic carbocycles. The van der Waals surface area contributed by atoms with Gasteiger partial charge in [-0.1, -0.05) is 0 Å². The zero-order valence-corrected chi connectivity index (χ0v) is 23.1. The maximum atomic E-state index is 13.3. The monoisotopic (exact) mass is 546 g/mol. The number of pyridine rings is 3. The molecule has 0 N–H and O–H groups in total. The molecule has 0 aromatic carbocycles. The first-order chi connectivity index (χ1) is 19.2. The highest BCUT2D eigenvalue weighted by Crippen LogP contribution is 2.30. The van der Waals surface area contributed by atoms with Gasteiger partial charge >= 0.3 is 6.09 Å². The van der Waals surface area contributed by atoms with Crippen LogP contribution in [-0.4, -0.2) is 74.9 Å². The Morgan fingerprint density at radius 3 is 2.58 bits per heavy atom. The number of hydrogen-bond acceptors (Lipinski definition) is 9. The summed E-state index contributed by atoms with van der Waals surface area (Å²) in [5.74, 6) is 1.25. The van der Waals surface area contributed by atoms with E-state index >= 15 is 0 Å². The van der Waals surface area contributed by atoms with Gasteiger partial charge < -0.3 is 19.1 Å². The van der Waals surface area contributed by atoms with E-state index in [0.717, 1.165) is 18.5 Å². The van der Waals surface area contributed by atoms with Crippen molar-refractivity contribution in [3.8, 4) is 17.6 Å². The number of fused-ring (bicyclic) bond motifs is 2. The van der Waals surface area contributed by atoms with Gasteiger partial charge in [0.25, 0.3) is 5.56 Å². The number of amides is 1. The van der Waals surface area contributed by atoms with Crippen molar-refractivity contribution in [3.63, 3.8) is 0 Å². The van der Waals surface area contributed by atoms with Gasteiger partial charge in [-0.25, -0.2) is 9.78 Å². The molecule has 3 aromatic heterocycles. The minimum absolute atomic E-state index is 0.145. The zero-order valence-electron chi connectivity index (χ0n) is 23.1. The molecule has 1 fully saturated rings. The lowest BCUT2D eigenvalue weighted by atomic mass is 10.1. The maximum Gasteiger partial charge on any atom is 0.410 e. The molecule has 11 nitrogen and oxygen atoms in total. The van der Waals surface area contributed by atoms with Gasteiger partial charge in [0.15, 0.2) is 11.5 Å². The highest BCUT2D eigenvalue weighted by Gasteiger charge is 2.32. The molecule has 1 amide bonds. The number of aromatic nitrogens is 3. The molecule has 0 bridgehead atoms. The normalized spacial score (nSPS) is 15.9. The highest BCUT2D eigenvalue weighted by atomic mass is 16.6. The number of nitrogens with zero attached hydrogens (tertiary/aromatic N) is 6. The van der Waals surface area contributed by atoms with E-state index in [1.165, 1.54) is 6.07 Å². The van der Waals surface area contributed by atoms with Crippen LogP contribution in [0.2, 0.25) is 0 Å². The third-order valence-electron chi connectivity index (χ3n) is 7.23. The molecule has 5 heterocycles. The summed E-state index contributed by atoms with van der Waals surface area (Å²) in [7, 11) is 0. The van der Waals surface area contributed by atoms with Gasteiger partial charge in [0.05, 0.1) is 18.4 Å². The fourth-order valence-electron chi connectivity index (χ4n) is 4.95. The predicted molar refractivity (Wildman–Crippen MR) is 147 cm³/mol. The van der Waals surface area contributed by atoms with Gasteiger partial charge in [-0.2, -0.15) is 5.26 Å². The minimum Gasteiger partial charge on any atom is -0.486 e. The van der Waals surface area contributed by atoms with Crippen LogP contribution < -0.4 is 15.0 Å². The molecule has 2 aliphatic heterocycles. The molecule has 2 aliphatic rings. The number of likely N-dealkylation sites (tertiary alicyclic amines) is 1. The summed E-state index contributed by atoms with van der Waals surface area (Å²) in [6, 6.07) is 10.6. The molecule has 40 heavy (non-hydrogen) atoms. The lowest BCUT2D eigenvalue weighted by Crippen LogP contribution is -2.48. The number of piperidine rings is 1. The van der Waals surface area contributed by atoms with Crippen LogP contribution in [-0.2, 0) is 17.8 Å². The standard InChI is InChI=1S/C29H34N6O5/c1-29(2,3)35(19-22-16-24-25(18-31-22)39-15-14-38-24)28(37)40-23-8-10-33(11-9-23)12-13-34-26(36)7-5-20-4-6-21(17-30)32-27(20)34/h4-7,16,18,23H,8-15,19H2,1-3H3. The summed E-state index contributed by atoms with van der Waals surface area (Å²) in [5, 5.41) is 10.0. The second kappa shape index (κ2) is 11.5. The molecule has 0 spiro atoms. The van der Waals surface area contributed by atoms with Gasteiger partial charge in [0.1, 0.15) is 36.7 Å². The first-order valence-corrected chi connectivity index (χ1v) is 13.6. The van der Waals surface area contributed by atoms with Crippen molar-refractivity contribution in [3.05, 3.63) is 58.3 Å². The van der Waals surface area contributed by atoms with E-state index in [2.05, 4.69) is 14.9 Å². The summed E-state index contributed by atoms with van der Waals surface area (Å²) in [6.07, 6.45) is 2.48. The fraction of sp³-hybridized carbons (Fsp3) is 0.483. The number of rotatable bonds is 6. The lowest BCUT2D eigenvalue weighted by molar-refractivity contribution is 0.00867. The van der Waals surface area contributed by atoms with Crippen LogP contribution in [0.25, 0.3) is 11.0 Å². The summed E-state index contributed by atoms with van der Waals surface area (Å²) in [5.41, 5.74) is 0.881. The quantitative estimate of drug-likeness (QED) is 0.458. The fourth-order valence-corrected chi connectivity index (χ4v) is 4.95. The summed E-state index contributed by atoms with van der Waals surface area (Å²) < 4.78 is 18.8. The van der Waals surface area contributed by atoms with Crippen LogP contribution in [0.5, 0.6) is 11.5 Å². The van der Waals surface area contributed by atoms with Crippen LogP contribution >= 0.6 is 0 Å². The molecule has 11 heteroatoms. The van der Waals surface area contributed by atoms with E-state index in [1.54, 1.807) is 33.9 Å². The summed E-state index contributed by atoms with van der Waals surface area (Å²) in [4.78, 5) is 38.6. The summed E-state index contributed by atoms with van der Waals surface area (Å²) >= 11 is 0. The number of hydrogen-bond donors (Lipinski definition) is 0. The Morgan fingerprint density at radius 2 is 1.85 bits per heavy atom. The van der Waals surface area contributed by atoms with E-state index in [0.29, 0.717) is 68.5 Å². The van der Waals surface area contributed by atoms with Crippen LogP contribution in [0.4, 0.5) is 4.79 Å². The van der Waals surface area contributed by atoms with E-state index in [1.807, 2.05) is 32.9 Å². The summed E-state index contributed by atoms with van der Waals surface area (Å²) in [6.45, 7) is 9.79. The Morgan fingerprint density at radius 1 is 1.12 bits per heavy atom. The third kappa shape index (κ3) is 6.18. The average Bonchev–Trinajstić information content (AvgIpc) is 2.95. The Bertz CT molecular complexity index is 1480. The van der Waals surface area contributed by atoms with E-state index in [9.17, 15) is 14.9 Å². The number of carbonyl (C=O) groups excluding carboxylic acids is 1. The van der Waals surface area contributed by atoms with Crippen molar-refractivity contribution in [2.45, 2.75) is 58.3 Å². The first-order valence-electron chi connectivity index (χ1n) is 13.6. The van der Waals surface area contributed by atoms with E-state index < -0.39 is 5.54 Å². The van der Waals surface area contributed by atoms with Gasteiger partial charge in [0.2, 0.25) is 0 Å². The van der Waals surface area contributed by atoms with Gasteiger partial charge in [-0.3, -0.25) is 19.2 Å². The van der Waals surface area contributed by atoms with Crippen molar-refractivity contribution in [1.82, 2.24) is 24.3 Å². The molecule has 0 unspecified atom stereocenters. The van der Waals surface area contributed by atoms with Crippen molar-refractivity contribution < 1.29 is 19.0 Å². The molecule has 0 atom stereocenters.